The molecule has 3 N–H and O–H groups in total. The first-order chi connectivity index (χ1) is 16.0. The molecule has 2 atom stereocenters. The van der Waals surface area contributed by atoms with Crippen molar-refractivity contribution in [1.29, 1.82) is 0 Å². The topological polar surface area (TPSA) is 120 Å². The first-order valence-electron chi connectivity index (χ1n) is 11.4. The highest BCUT2D eigenvalue weighted by Gasteiger charge is 2.47. The van der Waals surface area contributed by atoms with Gasteiger partial charge >= 0.3 is 0 Å². The lowest BCUT2D eigenvalue weighted by Gasteiger charge is -2.41. The fourth-order valence-electron chi connectivity index (χ4n) is 5.43. The minimum absolute atomic E-state index is 0.0273. The summed E-state index contributed by atoms with van der Waals surface area (Å²) < 4.78 is 9.45. The summed E-state index contributed by atoms with van der Waals surface area (Å²) in [5, 5.41) is 20.1. The number of nitrogens with two attached hydrogens (primary N) is 1. The Morgan fingerprint density at radius 2 is 2.00 bits per heavy atom. The molecule has 1 aromatic carbocycles. The van der Waals surface area contributed by atoms with E-state index in [2.05, 4.69) is 22.0 Å². The Bertz CT molecular complexity index is 1340. The molecule has 4 aromatic rings. The SMILES string of the molecule is C[C@@H]1OCC2(CCN(c3nc4cnn(-c5cccc6cnn(C)c56)c4nc3CO)CC2)[C@@H]1N. The number of anilines is 1. The van der Waals surface area contributed by atoms with E-state index in [1.54, 1.807) is 10.9 Å². The van der Waals surface area contributed by atoms with Gasteiger partial charge in [-0.1, -0.05) is 12.1 Å². The summed E-state index contributed by atoms with van der Waals surface area (Å²) >= 11 is 0. The van der Waals surface area contributed by atoms with Gasteiger partial charge in [0, 0.05) is 37.0 Å². The normalized spacial score (nSPS) is 22.7. The molecule has 2 fully saturated rings. The number of aliphatic hydroxyl groups excluding tert-OH is 1. The maximum absolute atomic E-state index is 10.2. The molecule has 0 amide bonds. The van der Waals surface area contributed by atoms with E-state index in [1.165, 1.54) is 0 Å². The van der Waals surface area contributed by atoms with E-state index in [0.29, 0.717) is 23.5 Å². The van der Waals surface area contributed by atoms with Crippen molar-refractivity contribution in [3.63, 3.8) is 0 Å². The van der Waals surface area contributed by atoms with Crippen molar-refractivity contribution in [2.24, 2.45) is 18.2 Å². The van der Waals surface area contributed by atoms with Crippen LogP contribution in [0.25, 0.3) is 27.8 Å². The molecule has 0 bridgehead atoms. The molecule has 2 aliphatic rings. The van der Waals surface area contributed by atoms with Crippen molar-refractivity contribution in [3.8, 4) is 5.69 Å². The van der Waals surface area contributed by atoms with Crippen LogP contribution >= 0.6 is 0 Å². The van der Waals surface area contributed by atoms with Crippen LogP contribution in [-0.2, 0) is 18.4 Å². The Hall–Kier alpha value is -3.08. The molecule has 10 heteroatoms. The van der Waals surface area contributed by atoms with Crippen LogP contribution in [0.3, 0.4) is 0 Å². The average molecular weight is 449 g/mol. The Morgan fingerprint density at radius 3 is 2.73 bits per heavy atom. The lowest BCUT2D eigenvalue weighted by atomic mass is 9.73. The zero-order chi connectivity index (χ0) is 22.7. The third kappa shape index (κ3) is 3.05. The Kier molecular flexibility index (Phi) is 4.65. The van der Waals surface area contributed by atoms with Gasteiger partial charge in [0.1, 0.15) is 11.2 Å². The van der Waals surface area contributed by atoms with Gasteiger partial charge in [-0.3, -0.25) is 4.68 Å². The van der Waals surface area contributed by atoms with Crippen LogP contribution in [0.5, 0.6) is 0 Å². The van der Waals surface area contributed by atoms with Crippen molar-refractivity contribution < 1.29 is 9.84 Å². The van der Waals surface area contributed by atoms with E-state index in [-0.39, 0.29) is 24.2 Å². The zero-order valence-electron chi connectivity index (χ0n) is 18.8. The molecule has 6 rings (SSSR count). The smallest absolute Gasteiger partial charge is 0.182 e. The van der Waals surface area contributed by atoms with Crippen LogP contribution in [-0.4, -0.2) is 66.5 Å². The lowest BCUT2D eigenvalue weighted by molar-refractivity contribution is 0.0973. The standard InChI is InChI=1S/C23H28N8O2/c1-14-20(24)23(13-33-14)6-8-30(9-7-23)21-17(12-32)28-22-16(27-21)11-26-31(22)18-5-3-4-15-10-25-29(2)19(15)18/h3-5,10-11,14,20,32H,6-9,12-13,24H2,1-2H3/t14-,20+/m0/s1. The van der Waals surface area contributed by atoms with Crippen molar-refractivity contribution in [1.82, 2.24) is 29.5 Å². The summed E-state index contributed by atoms with van der Waals surface area (Å²) in [7, 11) is 1.91. The summed E-state index contributed by atoms with van der Waals surface area (Å²) in [6.07, 6.45) is 5.53. The largest absolute Gasteiger partial charge is 0.390 e. The molecule has 172 valence electrons. The van der Waals surface area contributed by atoms with Gasteiger partial charge in [-0.15, -0.1) is 0 Å². The van der Waals surface area contributed by atoms with Crippen molar-refractivity contribution in [2.45, 2.75) is 38.5 Å². The van der Waals surface area contributed by atoms with Gasteiger partial charge in [-0.05, 0) is 25.8 Å². The van der Waals surface area contributed by atoms with E-state index in [1.807, 2.05) is 36.1 Å². The summed E-state index contributed by atoms with van der Waals surface area (Å²) in [4.78, 5) is 11.9. The number of hydrogen-bond donors (Lipinski definition) is 2. The van der Waals surface area contributed by atoms with E-state index in [4.69, 9.17) is 20.4 Å². The van der Waals surface area contributed by atoms with E-state index >= 15 is 0 Å². The third-order valence-electron chi connectivity index (χ3n) is 7.47. The molecule has 0 aliphatic carbocycles. The van der Waals surface area contributed by atoms with Crippen LogP contribution in [0, 0.1) is 5.41 Å². The van der Waals surface area contributed by atoms with Gasteiger partial charge < -0.3 is 20.5 Å². The number of fused-ring (bicyclic) bond motifs is 2. The molecule has 3 aromatic heterocycles. The van der Waals surface area contributed by atoms with Gasteiger partial charge in [0.15, 0.2) is 11.5 Å². The van der Waals surface area contributed by atoms with Crippen molar-refractivity contribution in [2.75, 3.05) is 24.6 Å². The molecule has 0 radical (unpaired) electrons. The van der Waals surface area contributed by atoms with Gasteiger partial charge in [-0.25, -0.2) is 14.6 Å². The predicted octanol–water partition coefficient (Wildman–Crippen LogP) is 1.53. The number of benzene rings is 1. The summed E-state index contributed by atoms with van der Waals surface area (Å²) in [5.74, 6) is 0.721. The molecule has 2 saturated heterocycles. The molecule has 5 heterocycles. The highest BCUT2D eigenvalue weighted by atomic mass is 16.5. The molecule has 33 heavy (non-hydrogen) atoms. The number of aryl methyl sites for hydroxylation is 1. The fraction of sp³-hybridized carbons (Fsp3) is 0.478. The minimum Gasteiger partial charge on any atom is -0.390 e. The Labute approximate surface area is 191 Å². The Morgan fingerprint density at radius 1 is 1.18 bits per heavy atom. The molecule has 0 saturated carbocycles. The van der Waals surface area contributed by atoms with E-state index in [9.17, 15) is 5.11 Å². The van der Waals surface area contributed by atoms with E-state index < -0.39 is 0 Å². The predicted molar refractivity (Wildman–Crippen MR) is 124 cm³/mol. The van der Waals surface area contributed by atoms with Gasteiger partial charge in [0.2, 0.25) is 0 Å². The summed E-state index contributed by atoms with van der Waals surface area (Å²) in [6.45, 7) is 4.19. The van der Waals surface area contributed by atoms with Gasteiger partial charge in [0.05, 0.1) is 42.9 Å². The summed E-state index contributed by atoms with van der Waals surface area (Å²) in [5.41, 5.74) is 10.2. The number of para-hydroxylation sites is 1. The van der Waals surface area contributed by atoms with Crippen molar-refractivity contribution in [3.05, 3.63) is 36.3 Å². The molecule has 1 spiro atoms. The number of piperidine rings is 1. The summed E-state index contributed by atoms with van der Waals surface area (Å²) in [6, 6.07) is 6.04. The number of rotatable bonds is 3. The van der Waals surface area contributed by atoms with Crippen LogP contribution < -0.4 is 10.6 Å². The number of aromatic nitrogens is 6. The highest BCUT2D eigenvalue weighted by Crippen LogP contribution is 2.42. The highest BCUT2D eigenvalue weighted by molar-refractivity contribution is 5.88. The second-order valence-corrected chi connectivity index (χ2v) is 9.29. The first-order valence-corrected chi connectivity index (χ1v) is 11.4. The number of ether oxygens (including phenoxy) is 1. The molecular weight excluding hydrogens is 420 g/mol. The number of hydrogen-bond acceptors (Lipinski definition) is 8. The maximum Gasteiger partial charge on any atom is 0.182 e. The van der Waals surface area contributed by atoms with Crippen LogP contribution in [0.15, 0.2) is 30.6 Å². The minimum atomic E-state index is -0.194. The first kappa shape index (κ1) is 20.5. The van der Waals surface area contributed by atoms with Crippen LogP contribution in [0.1, 0.15) is 25.5 Å². The average Bonchev–Trinajstić information content (AvgIpc) is 3.51. The molecular formula is C23H28N8O2. The number of nitrogens with zero attached hydrogens (tertiary/aromatic N) is 7. The fourth-order valence-corrected chi connectivity index (χ4v) is 5.43. The van der Waals surface area contributed by atoms with Crippen molar-refractivity contribution >= 4 is 27.9 Å². The molecule has 0 unspecified atom stereocenters. The van der Waals surface area contributed by atoms with Gasteiger partial charge in [0.25, 0.3) is 0 Å². The van der Waals surface area contributed by atoms with E-state index in [0.717, 1.165) is 48.3 Å². The second kappa shape index (κ2) is 7.47. The molecule has 10 nitrogen and oxygen atoms in total. The third-order valence-corrected chi connectivity index (χ3v) is 7.47. The second-order valence-electron chi connectivity index (χ2n) is 9.29. The zero-order valence-corrected chi connectivity index (χ0v) is 18.8. The number of aliphatic hydroxyl groups is 1. The molecule has 2 aliphatic heterocycles. The van der Waals surface area contributed by atoms with Gasteiger partial charge in [-0.2, -0.15) is 10.2 Å². The lowest BCUT2D eigenvalue weighted by Crippen LogP contribution is -2.51. The van der Waals surface area contributed by atoms with Crippen LogP contribution in [0.4, 0.5) is 5.82 Å². The quantitative estimate of drug-likeness (QED) is 0.484. The Balaban J connectivity index is 1.37. The maximum atomic E-state index is 10.2. The monoisotopic (exact) mass is 448 g/mol. The van der Waals surface area contributed by atoms with Crippen LogP contribution in [0.2, 0.25) is 0 Å².